The molecule has 0 aromatic carbocycles. The summed E-state index contributed by atoms with van der Waals surface area (Å²) in [6, 6.07) is 0. The zero-order valence-electron chi connectivity index (χ0n) is 14.3. The van der Waals surface area contributed by atoms with Crippen molar-refractivity contribution in [1.82, 2.24) is 9.88 Å². The number of aromatic nitrogens is 1. The molecule has 0 spiro atoms. The minimum Gasteiger partial charge on any atom is -0.475 e. The number of carbonyl (C=O) groups is 2. The molecule has 2 rings (SSSR count). The first-order valence-electron chi connectivity index (χ1n) is 7.80. The molecular weight excluding hydrogens is 300 g/mol. The molecule has 128 valence electrons. The van der Waals surface area contributed by atoms with Gasteiger partial charge in [0.15, 0.2) is 0 Å². The monoisotopic (exact) mass is 324 g/mol. The Balaban J connectivity index is 2.12. The van der Waals surface area contributed by atoms with Gasteiger partial charge in [0.25, 0.3) is 0 Å². The first-order chi connectivity index (χ1) is 10.6. The minimum absolute atomic E-state index is 0.0399. The maximum atomic E-state index is 12.1. The van der Waals surface area contributed by atoms with Crippen LogP contribution in [0.25, 0.3) is 0 Å². The minimum atomic E-state index is -1.12. The number of rotatable bonds is 3. The zero-order valence-corrected chi connectivity index (χ0v) is 14.3. The van der Waals surface area contributed by atoms with E-state index in [1.807, 2.05) is 34.6 Å². The predicted molar refractivity (Wildman–Crippen MR) is 82.7 cm³/mol. The van der Waals surface area contributed by atoms with Gasteiger partial charge in [0.2, 0.25) is 11.7 Å². The molecule has 1 aliphatic heterocycles. The molecule has 0 saturated carbocycles. The molecule has 1 atom stereocenters. The molecule has 1 amide bonds. The summed E-state index contributed by atoms with van der Waals surface area (Å²) in [5.74, 6) is -0.979. The van der Waals surface area contributed by atoms with E-state index in [1.165, 1.54) is 0 Å². The van der Waals surface area contributed by atoms with Crippen LogP contribution in [0.3, 0.4) is 0 Å². The third kappa shape index (κ3) is 4.03. The van der Waals surface area contributed by atoms with Crippen LogP contribution in [0, 0.1) is 0 Å². The van der Waals surface area contributed by atoms with Crippen LogP contribution in [-0.4, -0.2) is 45.7 Å². The van der Waals surface area contributed by atoms with Gasteiger partial charge in [0.05, 0.1) is 11.6 Å². The van der Waals surface area contributed by atoms with E-state index in [0.717, 1.165) is 0 Å². The second-order valence-corrected chi connectivity index (χ2v) is 7.14. The van der Waals surface area contributed by atoms with Crippen molar-refractivity contribution in [2.24, 2.45) is 0 Å². The number of likely N-dealkylation sites (tertiary alicyclic amines) is 1. The summed E-state index contributed by atoms with van der Waals surface area (Å²) in [7, 11) is 0. The maximum absolute atomic E-state index is 12.1. The molecule has 1 aromatic rings. The molecule has 7 heteroatoms. The summed E-state index contributed by atoms with van der Waals surface area (Å²) in [5.41, 5.74) is -0.0948. The molecule has 1 N–H and O–H groups in total. The van der Waals surface area contributed by atoms with Gasteiger partial charge in [-0.05, 0) is 33.1 Å². The number of amides is 1. The lowest BCUT2D eigenvalue weighted by atomic mass is 10.1. The van der Waals surface area contributed by atoms with Crippen LogP contribution in [0.15, 0.2) is 4.42 Å². The van der Waals surface area contributed by atoms with Crippen molar-refractivity contribution in [3.05, 3.63) is 17.3 Å². The molecule has 0 unspecified atom stereocenters. The molecule has 0 aliphatic carbocycles. The Morgan fingerprint density at radius 3 is 2.52 bits per heavy atom. The fraction of sp³-hybridized carbons (Fsp3) is 0.688. The predicted octanol–water partition coefficient (Wildman–Crippen LogP) is 3.22. The van der Waals surface area contributed by atoms with Crippen molar-refractivity contribution in [2.45, 2.75) is 58.5 Å². The Morgan fingerprint density at radius 1 is 1.39 bits per heavy atom. The van der Waals surface area contributed by atoms with Gasteiger partial charge in [-0.2, -0.15) is 0 Å². The van der Waals surface area contributed by atoms with E-state index < -0.39 is 11.6 Å². The molecule has 1 fully saturated rings. The van der Waals surface area contributed by atoms with Crippen LogP contribution >= 0.6 is 0 Å². The average molecular weight is 324 g/mol. The Morgan fingerprint density at radius 2 is 2.04 bits per heavy atom. The van der Waals surface area contributed by atoms with Gasteiger partial charge in [-0.1, -0.05) is 13.8 Å². The summed E-state index contributed by atoms with van der Waals surface area (Å²) in [6.07, 6.45) is 0.310. The van der Waals surface area contributed by atoms with Gasteiger partial charge < -0.3 is 19.2 Å². The quantitative estimate of drug-likeness (QED) is 0.917. The van der Waals surface area contributed by atoms with Gasteiger partial charge in [0, 0.05) is 13.1 Å². The molecule has 1 saturated heterocycles. The first kappa shape index (κ1) is 17.3. The van der Waals surface area contributed by atoms with Gasteiger partial charge in [0.1, 0.15) is 5.60 Å². The number of carboxylic acids is 1. The zero-order chi connectivity index (χ0) is 17.4. The Labute approximate surface area is 135 Å². The van der Waals surface area contributed by atoms with E-state index in [1.54, 1.807) is 4.90 Å². The van der Waals surface area contributed by atoms with Gasteiger partial charge in [-0.25, -0.2) is 14.6 Å². The van der Waals surface area contributed by atoms with Crippen molar-refractivity contribution >= 4 is 12.1 Å². The van der Waals surface area contributed by atoms with E-state index in [-0.39, 0.29) is 23.7 Å². The fourth-order valence-electron chi connectivity index (χ4n) is 2.52. The highest BCUT2D eigenvalue weighted by atomic mass is 16.6. The second-order valence-electron chi connectivity index (χ2n) is 7.14. The molecular formula is C16H24N2O5. The maximum Gasteiger partial charge on any atom is 0.410 e. The van der Waals surface area contributed by atoms with E-state index in [9.17, 15) is 14.7 Å². The highest BCUT2D eigenvalue weighted by Crippen LogP contribution is 2.31. The summed E-state index contributed by atoms with van der Waals surface area (Å²) in [6.45, 7) is 10.2. The van der Waals surface area contributed by atoms with Gasteiger partial charge in [-0.15, -0.1) is 0 Å². The molecule has 7 nitrogen and oxygen atoms in total. The summed E-state index contributed by atoms with van der Waals surface area (Å²) >= 11 is 0. The standard InChI is InChI=1S/C16H24N2O5/c1-9(2)11-12(14(19)20)22-13(17-11)10-6-7-18(8-10)15(21)23-16(3,4)5/h9-10H,6-8H2,1-5H3,(H,19,20)/t10-/m1/s1. The highest BCUT2D eigenvalue weighted by molar-refractivity contribution is 5.85. The van der Waals surface area contributed by atoms with Crippen LogP contribution in [-0.2, 0) is 4.74 Å². The molecule has 1 aliphatic rings. The van der Waals surface area contributed by atoms with Crippen LogP contribution in [0.4, 0.5) is 4.79 Å². The van der Waals surface area contributed by atoms with E-state index in [2.05, 4.69) is 4.98 Å². The number of carboxylic acid groups (broad SMARTS) is 1. The highest BCUT2D eigenvalue weighted by Gasteiger charge is 2.34. The van der Waals surface area contributed by atoms with Crippen molar-refractivity contribution in [2.75, 3.05) is 13.1 Å². The van der Waals surface area contributed by atoms with Crippen LogP contribution in [0.1, 0.15) is 75.0 Å². The van der Waals surface area contributed by atoms with Crippen molar-refractivity contribution in [1.29, 1.82) is 0 Å². The number of hydrogen-bond donors (Lipinski definition) is 1. The van der Waals surface area contributed by atoms with E-state index in [4.69, 9.17) is 9.15 Å². The number of oxazole rings is 1. The number of aromatic carboxylic acids is 1. The molecule has 23 heavy (non-hydrogen) atoms. The third-order valence-corrected chi connectivity index (χ3v) is 3.60. The Kier molecular flexibility index (Phi) is 4.68. The number of hydrogen-bond acceptors (Lipinski definition) is 5. The second kappa shape index (κ2) is 6.22. The lowest BCUT2D eigenvalue weighted by molar-refractivity contribution is 0.0291. The molecule has 0 radical (unpaired) electrons. The largest absolute Gasteiger partial charge is 0.475 e. The SMILES string of the molecule is CC(C)c1nc([C@@H]2CCN(C(=O)OC(C)(C)C)C2)oc1C(=O)O. The third-order valence-electron chi connectivity index (χ3n) is 3.60. The normalized spacial score (nSPS) is 18.5. The Hall–Kier alpha value is -2.05. The number of ether oxygens (including phenoxy) is 1. The van der Waals surface area contributed by atoms with Crippen molar-refractivity contribution in [3.63, 3.8) is 0 Å². The van der Waals surface area contributed by atoms with Gasteiger partial charge in [-0.3, -0.25) is 0 Å². The van der Waals surface area contributed by atoms with E-state index >= 15 is 0 Å². The lowest BCUT2D eigenvalue weighted by Gasteiger charge is -2.24. The smallest absolute Gasteiger partial charge is 0.410 e. The number of carbonyl (C=O) groups excluding carboxylic acids is 1. The number of nitrogens with zero attached hydrogens (tertiary/aromatic N) is 2. The molecule has 1 aromatic heterocycles. The summed E-state index contributed by atoms with van der Waals surface area (Å²) in [5, 5.41) is 9.22. The van der Waals surface area contributed by atoms with Crippen molar-refractivity contribution in [3.8, 4) is 0 Å². The van der Waals surface area contributed by atoms with Crippen LogP contribution in [0.5, 0.6) is 0 Å². The summed E-state index contributed by atoms with van der Waals surface area (Å²) < 4.78 is 10.8. The topological polar surface area (TPSA) is 92.9 Å². The molecule has 2 heterocycles. The lowest BCUT2D eigenvalue weighted by Crippen LogP contribution is -2.35. The van der Waals surface area contributed by atoms with Crippen LogP contribution < -0.4 is 0 Å². The van der Waals surface area contributed by atoms with Crippen LogP contribution in [0.2, 0.25) is 0 Å². The molecule has 0 bridgehead atoms. The van der Waals surface area contributed by atoms with Crippen molar-refractivity contribution < 1.29 is 23.8 Å². The first-order valence-corrected chi connectivity index (χ1v) is 7.80. The van der Waals surface area contributed by atoms with Gasteiger partial charge >= 0.3 is 12.1 Å². The average Bonchev–Trinajstić information content (AvgIpc) is 3.03. The Bertz CT molecular complexity index is 600. The fourth-order valence-corrected chi connectivity index (χ4v) is 2.52. The van der Waals surface area contributed by atoms with E-state index in [0.29, 0.717) is 31.1 Å². The summed E-state index contributed by atoms with van der Waals surface area (Å²) in [4.78, 5) is 29.3.